The van der Waals surface area contributed by atoms with E-state index in [-0.39, 0.29) is 5.54 Å². The number of nitrogens with one attached hydrogen (secondary N) is 2. The van der Waals surface area contributed by atoms with Crippen LogP contribution in [-0.4, -0.2) is 28.7 Å². The van der Waals surface area contributed by atoms with E-state index in [4.69, 9.17) is 5.11 Å². The van der Waals surface area contributed by atoms with Crippen LogP contribution in [0.5, 0.6) is 0 Å². The van der Waals surface area contributed by atoms with Crippen molar-refractivity contribution in [2.75, 3.05) is 0 Å². The molecule has 0 aliphatic rings. The van der Waals surface area contributed by atoms with Crippen LogP contribution in [0, 0.1) is 0 Å². The van der Waals surface area contributed by atoms with Gasteiger partial charge in [0.25, 0.3) is 0 Å². The molecule has 0 aliphatic heterocycles. The number of hydrogen-bond acceptors (Lipinski definition) is 2. The molecule has 0 fully saturated rings. The van der Waals surface area contributed by atoms with Gasteiger partial charge in [0.05, 0.1) is 0 Å². The first-order valence-corrected chi connectivity index (χ1v) is 5.64. The van der Waals surface area contributed by atoms with E-state index in [0.717, 1.165) is 6.42 Å². The molecule has 1 atom stereocenters. The summed E-state index contributed by atoms with van der Waals surface area (Å²) >= 11 is 0. The van der Waals surface area contributed by atoms with E-state index in [1.54, 1.807) is 0 Å². The van der Waals surface area contributed by atoms with Gasteiger partial charge >= 0.3 is 12.0 Å². The number of aliphatic carboxylic acids is 1. The van der Waals surface area contributed by atoms with Crippen LogP contribution in [0.3, 0.4) is 0 Å². The molecule has 16 heavy (non-hydrogen) atoms. The van der Waals surface area contributed by atoms with Crippen LogP contribution in [0.1, 0.15) is 47.0 Å². The average molecular weight is 230 g/mol. The number of rotatable bonds is 6. The molecule has 0 rings (SSSR count). The van der Waals surface area contributed by atoms with Crippen molar-refractivity contribution in [3.63, 3.8) is 0 Å². The van der Waals surface area contributed by atoms with Crippen molar-refractivity contribution >= 4 is 12.0 Å². The number of carbonyl (C=O) groups excluding carboxylic acids is 1. The number of carbonyl (C=O) groups is 2. The van der Waals surface area contributed by atoms with Gasteiger partial charge in [0.2, 0.25) is 0 Å². The lowest BCUT2D eigenvalue weighted by Crippen LogP contribution is -2.52. The standard InChI is InChI=1S/C11H22N2O3/c1-5-7-8(9(14)15)12-10(16)13-11(3,4)6-2/h8H,5-7H2,1-4H3,(H,14,15)(H2,12,13,16)/t8-/m0/s1. The van der Waals surface area contributed by atoms with Crippen LogP contribution < -0.4 is 10.6 Å². The SMILES string of the molecule is CCC[C@H](NC(=O)NC(C)(C)CC)C(=O)O. The van der Waals surface area contributed by atoms with E-state index in [2.05, 4.69) is 10.6 Å². The Kier molecular flexibility index (Phi) is 5.85. The maximum atomic E-state index is 11.5. The predicted octanol–water partition coefficient (Wildman–Crippen LogP) is 1.73. The summed E-state index contributed by atoms with van der Waals surface area (Å²) in [5, 5.41) is 14.1. The summed E-state index contributed by atoms with van der Waals surface area (Å²) < 4.78 is 0. The zero-order valence-corrected chi connectivity index (χ0v) is 10.5. The summed E-state index contributed by atoms with van der Waals surface area (Å²) in [7, 11) is 0. The van der Waals surface area contributed by atoms with Crippen molar-refractivity contribution in [1.82, 2.24) is 10.6 Å². The summed E-state index contributed by atoms with van der Waals surface area (Å²) in [6.07, 6.45) is 1.94. The number of carboxylic acid groups (broad SMARTS) is 1. The van der Waals surface area contributed by atoms with Gasteiger partial charge in [0, 0.05) is 5.54 Å². The fraction of sp³-hybridized carbons (Fsp3) is 0.818. The quantitative estimate of drug-likeness (QED) is 0.650. The molecule has 0 unspecified atom stereocenters. The Morgan fingerprint density at radius 3 is 2.25 bits per heavy atom. The molecule has 0 saturated heterocycles. The van der Waals surface area contributed by atoms with Gasteiger partial charge in [-0.3, -0.25) is 0 Å². The van der Waals surface area contributed by atoms with Crippen LogP contribution in [-0.2, 0) is 4.79 Å². The third-order valence-corrected chi connectivity index (χ3v) is 2.52. The molecule has 0 radical (unpaired) electrons. The molecule has 0 aromatic rings. The summed E-state index contributed by atoms with van der Waals surface area (Å²) in [6.45, 7) is 7.62. The van der Waals surface area contributed by atoms with E-state index in [9.17, 15) is 9.59 Å². The van der Waals surface area contributed by atoms with E-state index >= 15 is 0 Å². The molecule has 94 valence electrons. The van der Waals surface area contributed by atoms with Gasteiger partial charge in [0.1, 0.15) is 6.04 Å². The molecule has 0 spiro atoms. The van der Waals surface area contributed by atoms with E-state index in [1.165, 1.54) is 0 Å². The third kappa shape index (κ3) is 5.58. The lowest BCUT2D eigenvalue weighted by atomic mass is 10.0. The zero-order chi connectivity index (χ0) is 12.8. The minimum Gasteiger partial charge on any atom is -0.480 e. The topological polar surface area (TPSA) is 78.4 Å². The Morgan fingerprint density at radius 1 is 1.31 bits per heavy atom. The van der Waals surface area contributed by atoms with Crippen LogP contribution >= 0.6 is 0 Å². The fourth-order valence-electron chi connectivity index (χ4n) is 1.14. The van der Waals surface area contributed by atoms with Crippen molar-refractivity contribution in [3.05, 3.63) is 0 Å². The molecule has 0 aromatic heterocycles. The largest absolute Gasteiger partial charge is 0.480 e. The molecule has 0 bridgehead atoms. The van der Waals surface area contributed by atoms with Gasteiger partial charge in [0.15, 0.2) is 0 Å². The minimum absolute atomic E-state index is 0.320. The summed E-state index contributed by atoms with van der Waals surface area (Å²) in [4.78, 5) is 22.3. The molecule has 5 heteroatoms. The van der Waals surface area contributed by atoms with Gasteiger partial charge in [-0.15, -0.1) is 0 Å². The monoisotopic (exact) mass is 230 g/mol. The first kappa shape index (κ1) is 14.7. The number of amides is 2. The highest BCUT2D eigenvalue weighted by Crippen LogP contribution is 2.06. The van der Waals surface area contributed by atoms with Gasteiger partial charge in [-0.2, -0.15) is 0 Å². The normalized spacial score (nSPS) is 13.0. The van der Waals surface area contributed by atoms with Gasteiger partial charge < -0.3 is 15.7 Å². The highest BCUT2D eigenvalue weighted by molar-refractivity contribution is 5.82. The molecule has 0 heterocycles. The second kappa shape index (κ2) is 6.35. The molecule has 0 aliphatic carbocycles. The van der Waals surface area contributed by atoms with Crippen molar-refractivity contribution in [2.24, 2.45) is 0 Å². The second-order valence-corrected chi connectivity index (χ2v) is 4.52. The first-order valence-electron chi connectivity index (χ1n) is 5.64. The molecule has 0 aromatic carbocycles. The van der Waals surface area contributed by atoms with Crippen molar-refractivity contribution in [3.8, 4) is 0 Å². The van der Waals surface area contributed by atoms with E-state index in [0.29, 0.717) is 12.8 Å². The smallest absolute Gasteiger partial charge is 0.326 e. The Bertz CT molecular complexity index is 252. The maximum absolute atomic E-state index is 11.5. The van der Waals surface area contributed by atoms with Crippen molar-refractivity contribution in [1.29, 1.82) is 0 Å². The lowest BCUT2D eigenvalue weighted by Gasteiger charge is -2.25. The van der Waals surface area contributed by atoms with Crippen LogP contribution in [0.15, 0.2) is 0 Å². The second-order valence-electron chi connectivity index (χ2n) is 4.52. The lowest BCUT2D eigenvalue weighted by molar-refractivity contribution is -0.139. The highest BCUT2D eigenvalue weighted by Gasteiger charge is 2.22. The Labute approximate surface area is 96.6 Å². The summed E-state index contributed by atoms with van der Waals surface area (Å²) in [5.74, 6) is -0.994. The predicted molar refractivity (Wildman–Crippen MR) is 62.4 cm³/mol. The van der Waals surface area contributed by atoms with Crippen LogP contribution in [0.2, 0.25) is 0 Å². The molecule has 2 amide bonds. The average Bonchev–Trinajstić information content (AvgIpc) is 2.16. The van der Waals surface area contributed by atoms with Crippen LogP contribution in [0.4, 0.5) is 4.79 Å². The highest BCUT2D eigenvalue weighted by atomic mass is 16.4. The van der Waals surface area contributed by atoms with Gasteiger partial charge in [-0.25, -0.2) is 9.59 Å². The minimum atomic E-state index is -0.994. The molecule has 3 N–H and O–H groups in total. The van der Waals surface area contributed by atoms with Crippen molar-refractivity contribution in [2.45, 2.75) is 58.5 Å². The van der Waals surface area contributed by atoms with Crippen molar-refractivity contribution < 1.29 is 14.7 Å². The van der Waals surface area contributed by atoms with Gasteiger partial charge in [-0.1, -0.05) is 20.3 Å². The summed E-state index contributed by atoms with van der Waals surface area (Å²) in [5.41, 5.74) is -0.320. The Morgan fingerprint density at radius 2 is 1.88 bits per heavy atom. The Hall–Kier alpha value is -1.26. The Balaban J connectivity index is 4.25. The third-order valence-electron chi connectivity index (χ3n) is 2.52. The van der Waals surface area contributed by atoms with Crippen LogP contribution in [0.25, 0.3) is 0 Å². The molecular formula is C11H22N2O3. The number of urea groups is 1. The summed E-state index contributed by atoms with van der Waals surface area (Å²) in [6, 6.07) is -1.23. The molecule has 5 nitrogen and oxygen atoms in total. The zero-order valence-electron chi connectivity index (χ0n) is 10.5. The van der Waals surface area contributed by atoms with E-state index in [1.807, 2.05) is 27.7 Å². The number of carboxylic acids is 1. The number of hydrogen-bond donors (Lipinski definition) is 3. The fourth-order valence-corrected chi connectivity index (χ4v) is 1.14. The van der Waals surface area contributed by atoms with Gasteiger partial charge in [-0.05, 0) is 26.7 Å². The molecule has 0 saturated carbocycles. The van der Waals surface area contributed by atoms with E-state index < -0.39 is 18.0 Å². The maximum Gasteiger partial charge on any atom is 0.326 e. The molecular weight excluding hydrogens is 208 g/mol. The first-order chi connectivity index (χ1) is 7.32.